The van der Waals surface area contributed by atoms with Crippen molar-refractivity contribution >= 4 is 6.09 Å². The highest BCUT2D eigenvalue weighted by molar-refractivity contribution is 5.71. The van der Waals surface area contributed by atoms with Crippen LogP contribution < -0.4 is 10.1 Å². The Balaban J connectivity index is 1.36. The highest BCUT2D eigenvalue weighted by Gasteiger charge is 2.42. The summed E-state index contributed by atoms with van der Waals surface area (Å²) in [7, 11) is 0. The third-order valence-electron chi connectivity index (χ3n) is 7.67. The van der Waals surface area contributed by atoms with Crippen molar-refractivity contribution in [3.05, 3.63) is 53.1 Å². The highest BCUT2D eigenvalue weighted by Crippen LogP contribution is 2.47. The second-order valence-electron chi connectivity index (χ2n) is 10.9. The number of nitrogens with one attached hydrogen (secondary N) is 1. The van der Waals surface area contributed by atoms with Gasteiger partial charge in [-0.1, -0.05) is 13.8 Å². The van der Waals surface area contributed by atoms with E-state index in [0.717, 1.165) is 50.2 Å². The minimum absolute atomic E-state index is 0.0430. The highest BCUT2D eigenvalue weighted by atomic mass is 19.4. The maximum Gasteiger partial charge on any atom is 0.422 e. The molecule has 2 aromatic carbocycles. The number of hydrogen-bond donors (Lipinski definition) is 1. The molecule has 0 radical (unpaired) electrons. The van der Waals surface area contributed by atoms with Crippen LogP contribution >= 0.6 is 0 Å². The lowest BCUT2D eigenvalue weighted by atomic mass is 9.85. The predicted molar refractivity (Wildman–Crippen MR) is 126 cm³/mol. The van der Waals surface area contributed by atoms with Crippen LogP contribution in [0.3, 0.4) is 0 Å². The fraction of sp³-hybridized carbons (Fsp3) is 0.519. The molecule has 3 saturated heterocycles. The molecule has 2 atom stereocenters. The Kier molecular flexibility index (Phi) is 6.58. The van der Waals surface area contributed by atoms with Crippen molar-refractivity contribution < 1.29 is 36.2 Å². The van der Waals surface area contributed by atoms with E-state index in [2.05, 4.69) is 15.0 Å². The maximum absolute atomic E-state index is 15.3. The molecule has 1 amide bonds. The van der Waals surface area contributed by atoms with Gasteiger partial charge in [-0.2, -0.15) is 13.2 Å². The maximum atomic E-state index is 15.3. The average molecular weight is 525 g/mol. The standard InChI is InChI=1S/C27H29F5N2O3/c1-26(2)12-17-9-20(16-7-18(28)10-19(8-16)36-14-27(30,31)32)22(29)11-21(17)24(26)33-25(35)37-23-13-34-5-3-15(23)4-6-34/h7-11,15,23-24H,3-6,12-14H2,1-2H3,(H,33,35)/t23-,24-/m0/s1. The number of amides is 1. The molecule has 0 saturated carbocycles. The molecule has 6 rings (SSSR count). The lowest BCUT2D eigenvalue weighted by Gasteiger charge is -2.44. The van der Waals surface area contributed by atoms with E-state index in [1.54, 1.807) is 6.07 Å². The van der Waals surface area contributed by atoms with Crippen LogP contribution in [0, 0.1) is 23.0 Å². The van der Waals surface area contributed by atoms with E-state index >= 15 is 4.39 Å². The average Bonchev–Trinajstić information content (AvgIpc) is 3.06. The second kappa shape index (κ2) is 9.45. The summed E-state index contributed by atoms with van der Waals surface area (Å²) < 4.78 is 77.5. The van der Waals surface area contributed by atoms with E-state index in [4.69, 9.17) is 4.74 Å². The summed E-state index contributed by atoms with van der Waals surface area (Å²) >= 11 is 0. The van der Waals surface area contributed by atoms with Crippen molar-refractivity contribution in [2.24, 2.45) is 11.3 Å². The number of fused-ring (bicyclic) bond motifs is 4. The van der Waals surface area contributed by atoms with Crippen molar-refractivity contribution in [1.82, 2.24) is 10.2 Å². The minimum atomic E-state index is -4.59. The van der Waals surface area contributed by atoms with Gasteiger partial charge in [0.25, 0.3) is 0 Å². The van der Waals surface area contributed by atoms with Crippen LogP contribution in [-0.4, -0.2) is 49.5 Å². The van der Waals surface area contributed by atoms with Crippen LogP contribution in [0.1, 0.15) is 43.9 Å². The van der Waals surface area contributed by atoms with Crippen LogP contribution in [0.4, 0.5) is 26.7 Å². The van der Waals surface area contributed by atoms with Gasteiger partial charge in [0.15, 0.2) is 6.61 Å². The lowest BCUT2D eigenvalue weighted by Crippen LogP contribution is -2.53. The van der Waals surface area contributed by atoms with Gasteiger partial charge < -0.3 is 14.8 Å². The van der Waals surface area contributed by atoms with Gasteiger partial charge in [0.1, 0.15) is 23.5 Å². The molecular formula is C27H29F5N2O3. The Morgan fingerprint density at radius 3 is 2.49 bits per heavy atom. The van der Waals surface area contributed by atoms with Gasteiger partial charge in [-0.3, -0.25) is 4.90 Å². The lowest BCUT2D eigenvalue weighted by molar-refractivity contribution is -0.153. The Morgan fingerprint density at radius 2 is 1.84 bits per heavy atom. The number of piperidine rings is 3. The van der Waals surface area contributed by atoms with E-state index < -0.39 is 42.0 Å². The number of carbonyl (C=O) groups is 1. The second-order valence-corrected chi connectivity index (χ2v) is 10.9. The van der Waals surface area contributed by atoms with Crippen LogP contribution in [0.25, 0.3) is 11.1 Å². The van der Waals surface area contributed by atoms with Gasteiger partial charge in [-0.05, 0) is 84.6 Å². The van der Waals surface area contributed by atoms with E-state index in [1.807, 2.05) is 13.8 Å². The third kappa shape index (κ3) is 5.54. The summed E-state index contributed by atoms with van der Waals surface area (Å²) in [5, 5.41) is 2.93. The summed E-state index contributed by atoms with van der Waals surface area (Å²) in [5.41, 5.74) is 1.01. The summed E-state index contributed by atoms with van der Waals surface area (Å²) in [6.07, 6.45) is -2.76. The summed E-state index contributed by atoms with van der Waals surface area (Å²) in [5.74, 6) is -1.51. The SMILES string of the molecule is CC1(C)Cc2cc(-c3cc(F)cc(OCC(F)(F)F)c3)c(F)cc2[C@@H]1NC(=O)O[C@H]1CN2CCC1CC2. The largest absolute Gasteiger partial charge is 0.484 e. The number of nitrogens with zero attached hydrogens (tertiary/aromatic N) is 1. The zero-order valence-electron chi connectivity index (χ0n) is 20.6. The molecule has 10 heteroatoms. The minimum Gasteiger partial charge on any atom is -0.484 e. The van der Waals surface area contributed by atoms with Crippen molar-refractivity contribution in [1.29, 1.82) is 0 Å². The first-order valence-electron chi connectivity index (χ1n) is 12.4. The molecule has 4 aliphatic rings. The van der Waals surface area contributed by atoms with Gasteiger partial charge in [0.2, 0.25) is 0 Å². The number of carbonyl (C=O) groups excluding carboxylic acids is 1. The number of ether oxygens (including phenoxy) is 2. The smallest absolute Gasteiger partial charge is 0.422 e. The molecule has 2 aromatic rings. The molecule has 3 aliphatic heterocycles. The van der Waals surface area contributed by atoms with Crippen LogP contribution in [0.15, 0.2) is 30.3 Å². The van der Waals surface area contributed by atoms with Gasteiger partial charge in [-0.25, -0.2) is 13.6 Å². The summed E-state index contributed by atoms with van der Waals surface area (Å²) in [4.78, 5) is 15.1. The first kappa shape index (κ1) is 25.8. The van der Waals surface area contributed by atoms with Gasteiger partial charge in [-0.15, -0.1) is 0 Å². The fourth-order valence-corrected chi connectivity index (χ4v) is 5.86. The van der Waals surface area contributed by atoms with E-state index in [-0.39, 0.29) is 23.0 Å². The first-order chi connectivity index (χ1) is 17.4. The zero-order chi connectivity index (χ0) is 26.5. The van der Waals surface area contributed by atoms with Gasteiger partial charge in [0.05, 0.1) is 6.04 Å². The van der Waals surface area contributed by atoms with Crippen molar-refractivity contribution in [2.45, 2.75) is 51.4 Å². The topological polar surface area (TPSA) is 50.8 Å². The molecule has 3 heterocycles. The molecule has 0 unspecified atom stereocenters. The van der Waals surface area contributed by atoms with Crippen molar-refractivity contribution in [2.75, 3.05) is 26.2 Å². The van der Waals surface area contributed by atoms with Crippen molar-refractivity contribution in [3.63, 3.8) is 0 Å². The molecule has 2 bridgehead atoms. The summed E-state index contributed by atoms with van der Waals surface area (Å²) in [6, 6.07) is 5.42. The normalized spacial score (nSPS) is 26.0. The Hall–Kier alpha value is -2.88. The molecule has 3 fully saturated rings. The first-order valence-corrected chi connectivity index (χ1v) is 12.4. The monoisotopic (exact) mass is 524 g/mol. The Bertz CT molecular complexity index is 1190. The summed E-state index contributed by atoms with van der Waals surface area (Å²) in [6.45, 7) is 5.10. The molecule has 37 heavy (non-hydrogen) atoms. The number of benzene rings is 2. The van der Waals surface area contributed by atoms with Crippen LogP contribution in [0.2, 0.25) is 0 Å². The van der Waals surface area contributed by atoms with Crippen LogP contribution in [0.5, 0.6) is 5.75 Å². The number of halogens is 5. The van der Waals surface area contributed by atoms with E-state index in [0.29, 0.717) is 17.9 Å². The zero-order valence-corrected chi connectivity index (χ0v) is 20.6. The van der Waals surface area contributed by atoms with Gasteiger partial charge >= 0.3 is 12.3 Å². The number of hydrogen-bond acceptors (Lipinski definition) is 4. The van der Waals surface area contributed by atoms with Crippen LogP contribution in [-0.2, 0) is 11.2 Å². The molecule has 200 valence electrons. The van der Waals surface area contributed by atoms with E-state index in [1.165, 1.54) is 12.1 Å². The molecule has 5 nitrogen and oxygen atoms in total. The fourth-order valence-electron chi connectivity index (χ4n) is 5.86. The number of alkyl carbamates (subject to hydrolysis) is 1. The Morgan fingerprint density at radius 1 is 1.11 bits per heavy atom. The van der Waals surface area contributed by atoms with Gasteiger partial charge in [0, 0.05) is 18.2 Å². The molecule has 1 aliphatic carbocycles. The quantitative estimate of drug-likeness (QED) is 0.487. The Labute approximate surface area is 211 Å². The predicted octanol–water partition coefficient (Wildman–Crippen LogP) is 6.02. The van der Waals surface area contributed by atoms with E-state index in [9.17, 15) is 22.4 Å². The third-order valence-corrected chi connectivity index (χ3v) is 7.67. The molecule has 0 aromatic heterocycles. The molecular weight excluding hydrogens is 495 g/mol. The van der Waals surface area contributed by atoms with Crippen molar-refractivity contribution in [3.8, 4) is 16.9 Å². The number of alkyl halides is 3. The molecule has 0 spiro atoms. The molecule has 1 N–H and O–H groups in total. The number of rotatable bonds is 5.